The molecule has 1 rings (SSSR count). The second kappa shape index (κ2) is 6.17. The van der Waals surface area contributed by atoms with Crippen LogP contribution in [-0.4, -0.2) is 34.9 Å². The molecular weight excluding hydrogens is 287 g/mol. The van der Waals surface area contributed by atoms with Gasteiger partial charge in [0, 0.05) is 12.6 Å². The minimum absolute atomic E-state index is 0.0427. The van der Waals surface area contributed by atoms with Crippen molar-refractivity contribution in [2.24, 2.45) is 0 Å². The van der Waals surface area contributed by atoms with E-state index in [1.165, 1.54) is 7.05 Å². The largest absolute Gasteiger partial charge is 0.444 e. The molecule has 0 saturated carbocycles. The molecule has 0 spiro atoms. The molecule has 0 aliphatic carbocycles. The molecule has 0 bridgehead atoms. The molecule has 7 heteroatoms. The third-order valence-electron chi connectivity index (χ3n) is 2.38. The molecule has 110 valence electrons. The van der Waals surface area contributed by atoms with E-state index in [4.69, 9.17) is 16.3 Å². The van der Waals surface area contributed by atoms with Gasteiger partial charge in [-0.15, -0.1) is 0 Å². The number of hydrogen-bond donors (Lipinski definition) is 0. The van der Waals surface area contributed by atoms with Crippen LogP contribution in [0.25, 0.3) is 0 Å². The van der Waals surface area contributed by atoms with Gasteiger partial charge in [-0.05, 0) is 26.8 Å². The summed E-state index contributed by atoms with van der Waals surface area (Å²) in [5, 5.41) is -0.0427. The second-order valence-corrected chi connectivity index (χ2v) is 5.56. The van der Waals surface area contributed by atoms with Crippen molar-refractivity contribution in [1.82, 2.24) is 9.88 Å². The van der Waals surface area contributed by atoms with Crippen LogP contribution in [0.3, 0.4) is 0 Å². The van der Waals surface area contributed by atoms with Crippen molar-refractivity contribution < 1.29 is 18.7 Å². The zero-order valence-electron chi connectivity index (χ0n) is 11.7. The minimum Gasteiger partial charge on any atom is -0.444 e. The normalized spacial score (nSPS) is 12.7. The number of pyridine rings is 1. The molecule has 0 aromatic carbocycles. The van der Waals surface area contributed by atoms with Gasteiger partial charge in [-0.1, -0.05) is 11.6 Å². The van der Waals surface area contributed by atoms with Crippen LogP contribution in [0.15, 0.2) is 12.3 Å². The molecule has 1 heterocycles. The van der Waals surface area contributed by atoms with E-state index in [1.807, 2.05) is 0 Å². The average molecular weight is 303 g/mol. The standard InChI is InChI=1S/C13H16ClFN2O3/c1-13(2,3)20-12(19)17(4)10(7-18)9-5-8(15)6-16-11(9)14/h5-7,10H,1-4H3. The van der Waals surface area contributed by atoms with E-state index in [1.54, 1.807) is 20.8 Å². The Labute approximate surface area is 121 Å². The lowest BCUT2D eigenvalue weighted by atomic mass is 10.1. The molecule has 0 fully saturated rings. The van der Waals surface area contributed by atoms with Gasteiger partial charge in [-0.3, -0.25) is 4.90 Å². The summed E-state index contributed by atoms with van der Waals surface area (Å²) in [4.78, 5) is 27.8. The Balaban J connectivity index is 3.04. The number of amides is 1. The number of likely N-dealkylation sites (N-methyl/N-ethyl adjacent to an activating group) is 1. The summed E-state index contributed by atoms with van der Waals surface area (Å²) in [6.07, 6.45) is 0.697. The van der Waals surface area contributed by atoms with Crippen molar-refractivity contribution in [3.63, 3.8) is 0 Å². The van der Waals surface area contributed by atoms with E-state index in [0.29, 0.717) is 6.29 Å². The fraction of sp³-hybridized carbons (Fsp3) is 0.462. The number of rotatable bonds is 3. The third-order valence-corrected chi connectivity index (χ3v) is 2.69. The summed E-state index contributed by atoms with van der Waals surface area (Å²) in [6.45, 7) is 5.10. The van der Waals surface area contributed by atoms with Crippen molar-refractivity contribution in [3.8, 4) is 0 Å². The summed E-state index contributed by atoms with van der Waals surface area (Å²) in [5.74, 6) is -0.645. The first kappa shape index (κ1) is 16.4. The second-order valence-electron chi connectivity index (χ2n) is 5.21. The van der Waals surface area contributed by atoms with Crippen LogP contribution >= 0.6 is 11.6 Å². The summed E-state index contributed by atoms with van der Waals surface area (Å²) in [5.41, 5.74) is -0.599. The van der Waals surface area contributed by atoms with Crippen LogP contribution in [0, 0.1) is 5.82 Å². The van der Waals surface area contributed by atoms with E-state index in [0.717, 1.165) is 17.2 Å². The molecule has 0 aliphatic heterocycles. The third kappa shape index (κ3) is 4.16. The first-order valence-electron chi connectivity index (χ1n) is 5.87. The Morgan fingerprint density at radius 3 is 2.65 bits per heavy atom. The summed E-state index contributed by atoms with van der Waals surface area (Å²) in [7, 11) is 1.37. The fourth-order valence-electron chi connectivity index (χ4n) is 1.47. The van der Waals surface area contributed by atoms with Crippen LogP contribution in [0.2, 0.25) is 5.15 Å². The zero-order valence-corrected chi connectivity index (χ0v) is 12.4. The van der Waals surface area contributed by atoms with E-state index in [2.05, 4.69) is 4.98 Å². The molecule has 5 nitrogen and oxygen atoms in total. The van der Waals surface area contributed by atoms with Crippen molar-refractivity contribution in [3.05, 3.63) is 28.8 Å². The molecule has 1 unspecified atom stereocenters. The number of hydrogen-bond acceptors (Lipinski definition) is 4. The van der Waals surface area contributed by atoms with E-state index < -0.39 is 23.6 Å². The Morgan fingerprint density at radius 1 is 1.55 bits per heavy atom. The molecule has 0 aliphatic rings. The zero-order chi connectivity index (χ0) is 15.5. The molecule has 0 N–H and O–H groups in total. The number of aldehydes is 1. The lowest BCUT2D eigenvalue weighted by Crippen LogP contribution is -2.37. The highest BCUT2D eigenvalue weighted by Crippen LogP contribution is 2.25. The van der Waals surface area contributed by atoms with Gasteiger partial charge in [0.2, 0.25) is 0 Å². The highest BCUT2D eigenvalue weighted by atomic mass is 35.5. The summed E-state index contributed by atoms with van der Waals surface area (Å²) in [6, 6.07) is -0.00418. The molecule has 1 aromatic heterocycles. The van der Waals surface area contributed by atoms with Gasteiger partial charge in [0.1, 0.15) is 28.9 Å². The molecule has 0 saturated heterocycles. The van der Waals surface area contributed by atoms with Crippen LogP contribution < -0.4 is 0 Å². The molecule has 20 heavy (non-hydrogen) atoms. The van der Waals surface area contributed by atoms with Gasteiger partial charge < -0.3 is 9.53 Å². The number of carbonyl (C=O) groups excluding carboxylic acids is 2. The Morgan fingerprint density at radius 2 is 2.15 bits per heavy atom. The lowest BCUT2D eigenvalue weighted by molar-refractivity contribution is -0.112. The highest BCUT2D eigenvalue weighted by Gasteiger charge is 2.28. The number of nitrogens with zero attached hydrogens (tertiary/aromatic N) is 2. The lowest BCUT2D eigenvalue weighted by Gasteiger charge is -2.28. The van der Waals surface area contributed by atoms with Crippen molar-refractivity contribution >= 4 is 24.0 Å². The minimum atomic E-state index is -1.07. The van der Waals surface area contributed by atoms with Crippen molar-refractivity contribution in [1.29, 1.82) is 0 Å². The predicted molar refractivity (Wildman–Crippen MR) is 72.0 cm³/mol. The maximum absolute atomic E-state index is 13.2. The first-order chi connectivity index (χ1) is 9.15. The van der Waals surface area contributed by atoms with Gasteiger partial charge >= 0.3 is 6.09 Å². The van der Waals surface area contributed by atoms with Crippen molar-refractivity contribution in [2.45, 2.75) is 32.4 Å². The maximum Gasteiger partial charge on any atom is 0.410 e. The summed E-state index contributed by atoms with van der Waals surface area (Å²) >= 11 is 5.84. The van der Waals surface area contributed by atoms with Crippen molar-refractivity contribution in [2.75, 3.05) is 7.05 Å². The molecule has 1 atom stereocenters. The Bertz CT molecular complexity index is 517. The van der Waals surface area contributed by atoms with E-state index in [-0.39, 0.29) is 10.7 Å². The SMILES string of the molecule is CN(C(=O)OC(C)(C)C)C(C=O)c1cc(F)cnc1Cl. The van der Waals surface area contributed by atoms with Crippen LogP contribution in [0.4, 0.5) is 9.18 Å². The monoisotopic (exact) mass is 302 g/mol. The number of ether oxygens (including phenoxy) is 1. The number of halogens is 2. The molecule has 0 radical (unpaired) electrons. The molecule has 1 amide bonds. The fourth-order valence-corrected chi connectivity index (χ4v) is 1.68. The Kier molecular flexibility index (Phi) is 5.05. The molecular formula is C13H16ClFN2O3. The van der Waals surface area contributed by atoms with Gasteiger partial charge in [0.15, 0.2) is 0 Å². The van der Waals surface area contributed by atoms with Gasteiger partial charge in [0.25, 0.3) is 0 Å². The number of carbonyl (C=O) groups is 2. The quantitative estimate of drug-likeness (QED) is 0.636. The van der Waals surface area contributed by atoms with Gasteiger partial charge in [0.05, 0.1) is 6.20 Å². The van der Waals surface area contributed by atoms with Gasteiger partial charge in [-0.25, -0.2) is 14.2 Å². The van der Waals surface area contributed by atoms with Gasteiger partial charge in [-0.2, -0.15) is 0 Å². The predicted octanol–water partition coefficient (Wildman–Crippen LogP) is 2.98. The summed E-state index contributed by atoms with van der Waals surface area (Å²) < 4.78 is 18.4. The molecule has 1 aromatic rings. The number of aromatic nitrogens is 1. The van der Waals surface area contributed by atoms with Crippen LogP contribution in [-0.2, 0) is 9.53 Å². The maximum atomic E-state index is 13.2. The highest BCUT2D eigenvalue weighted by molar-refractivity contribution is 6.30. The van der Waals surface area contributed by atoms with E-state index in [9.17, 15) is 14.0 Å². The Hall–Kier alpha value is -1.69. The first-order valence-corrected chi connectivity index (χ1v) is 6.25. The average Bonchev–Trinajstić information content (AvgIpc) is 2.32. The van der Waals surface area contributed by atoms with Crippen LogP contribution in [0.5, 0.6) is 0 Å². The van der Waals surface area contributed by atoms with Crippen LogP contribution in [0.1, 0.15) is 32.4 Å². The van der Waals surface area contributed by atoms with E-state index >= 15 is 0 Å². The topological polar surface area (TPSA) is 59.5 Å². The smallest absolute Gasteiger partial charge is 0.410 e.